The molecule has 0 N–H and O–H groups in total. The number of hydrogen-bond acceptors (Lipinski definition) is 7. The van der Waals surface area contributed by atoms with Gasteiger partial charge in [-0.15, -0.1) is 0 Å². The van der Waals surface area contributed by atoms with Crippen molar-refractivity contribution in [2.45, 2.75) is 18.0 Å². The molecule has 41 heavy (non-hydrogen) atoms. The smallest absolute Gasteiger partial charge is 0.269 e. The molecule has 1 fully saturated rings. The van der Waals surface area contributed by atoms with Crippen LogP contribution in [0.3, 0.4) is 0 Å². The number of rotatable bonds is 4. The number of Topliss-reactive ketones (excluding diaryl/α,β-unsaturated/α-hetero) is 3. The zero-order chi connectivity index (χ0) is 28.5. The maximum absolute atomic E-state index is 14.7. The van der Waals surface area contributed by atoms with Crippen molar-refractivity contribution in [2.75, 3.05) is 0 Å². The van der Waals surface area contributed by atoms with Crippen molar-refractivity contribution >= 4 is 40.9 Å². The summed E-state index contributed by atoms with van der Waals surface area (Å²) < 4.78 is 0. The molecule has 2 heterocycles. The number of nitrogens with zero attached hydrogens (tertiary/aromatic N) is 3. The lowest BCUT2D eigenvalue weighted by atomic mass is 9.63. The van der Waals surface area contributed by atoms with Gasteiger partial charge in [0.2, 0.25) is 0 Å². The predicted octanol–water partition coefficient (Wildman–Crippen LogP) is 6.05. The van der Waals surface area contributed by atoms with E-state index in [1.807, 2.05) is 24.3 Å². The fraction of sp³-hybridized carbons (Fsp3) is 0.125. The zero-order valence-corrected chi connectivity index (χ0v) is 22.1. The monoisotopic (exact) mass is 561 g/mol. The van der Waals surface area contributed by atoms with E-state index in [1.165, 1.54) is 24.3 Å². The number of fused-ring (bicyclic) bond motifs is 5. The van der Waals surface area contributed by atoms with Crippen LogP contribution in [0, 0.1) is 15.5 Å². The Morgan fingerprint density at radius 3 is 2.10 bits per heavy atom. The third kappa shape index (κ3) is 3.40. The molecular weight excluding hydrogens is 542 g/mol. The maximum Gasteiger partial charge on any atom is 0.269 e. The van der Waals surface area contributed by atoms with Crippen LogP contribution in [0.15, 0.2) is 102 Å². The number of non-ortho nitro benzene ring substituents is 1. The van der Waals surface area contributed by atoms with Crippen LogP contribution in [-0.4, -0.2) is 39.5 Å². The van der Waals surface area contributed by atoms with Crippen LogP contribution in [0.5, 0.6) is 0 Å². The molecule has 8 nitrogen and oxygen atoms in total. The molecule has 4 aromatic rings. The lowest BCUT2D eigenvalue weighted by molar-refractivity contribution is -0.384. The molecule has 0 unspecified atom stereocenters. The molecule has 0 radical (unpaired) electrons. The third-order valence-corrected chi connectivity index (χ3v) is 8.69. The number of nitro groups is 1. The number of hydrazone groups is 1. The normalized spacial score (nSPS) is 21.5. The highest BCUT2D eigenvalue weighted by molar-refractivity contribution is 6.32. The van der Waals surface area contributed by atoms with Gasteiger partial charge in [0, 0.05) is 39.8 Å². The molecule has 9 heteroatoms. The molecule has 3 atom stereocenters. The Hall–Kier alpha value is -4.95. The van der Waals surface area contributed by atoms with E-state index in [0.29, 0.717) is 21.7 Å². The summed E-state index contributed by atoms with van der Waals surface area (Å²) in [5.41, 5.74) is 0.926. The molecule has 0 bridgehead atoms. The first-order valence-corrected chi connectivity index (χ1v) is 13.4. The van der Waals surface area contributed by atoms with Gasteiger partial charge in [-0.1, -0.05) is 72.3 Å². The first kappa shape index (κ1) is 25.0. The van der Waals surface area contributed by atoms with Crippen molar-refractivity contribution in [1.82, 2.24) is 5.01 Å². The molecule has 0 saturated carbocycles. The van der Waals surface area contributed by atoms with Crippen LogP contribution in [0.2, 0.25) is 5.02 Å². The third-order valence-electron chi connectivity index (χ3n) is 8.44. The highest BCUT2D eigenvalue weighted by Crippen LogP contribution is 2.64. The van der Waals surface area contributed by atoms with Crippen LogP contribution in [0.1, 0.15) is 59.7 Å². The van der Waals surface area contributed by atoms with E-state index >= 15 is 0 Å². The Bertz CT molecular complexity index is 1780. The lowest BCUT2D eigenvalue weighted by Crippen LogP contribution is -2.43. The SMILES string of the molecule is O=C(c1ccc(Cl)cc1)[C@H]1[C@@H](c2ccc([N+](=O)[O-])cc2)C2(C(=O)c3ccccc3C2=O)[C@@H]2c3ccccc3C=NN21. The topological polar surface area (TPSA) is 110 Å². The number of carbonyl (C=O) groups excluding carboxylic acids is 3. The second kappa shape index (κ2) is 9.04. The van der Waals surface area contributed by atoms with Crippen molar-refractivity contribution in [1.29, 1.82) is 0 Å². The first-order chi connectivity index (χ1) is 19.8. The van der Waals surface area contributed by atoms with Gasteiger partial charge in [-0.3, -0.25) is 29.5 Å². The fourth-order valence-electron chi connectivity index (χ4n) is 6.74. The van der Waals surface area contributed by atoms with Crippen molar-refractivity contribution in [3.8, 4) is 0 Å². The molecule has 0 aromatic heterocycles. The molecular formula is C32H20ClN3O5. The Balaban J connectivity index is 1.54. The number of nitro benzene ring substituents is 1. The van der Waals surface area contributed by atoms with Gasteiger partial charge in [0.15, 0.2) is 17.3 Å². The van der Waals surface area contributed by atoms with Gasteiger partial charge in [-0.25, -0.2) is 0 Å². The molecule has 1 aliphatic carbocycles. The van der Waals surface area contributed by atoms with E-state index < -0.39 is 39.9 Å². The standard InChI is InChI=1S/C32H20ClN3O5/c33-21-13-9-19(10-14-21)28(37)27-26(18-11-15-22(16-12-18)36(40)41)32(30(38)24-7-3-4-8-25(24)31(32)39)29-23-6-2-1-5-20(23)17-34-35(27)29/h1-17,26-27,29H/t26-,27-,29+/m1/s1. The number of benzene rings is 4. The quantitative estimate of drug-likeness (QED) is 0.130. The second-order valence-corrected chi connectivity index (χ2v) is 10.8. The zero-order valence-electron chi connectivity index (χ0n) is 21.3. The molecule has 7 rings (SSSR count). The number of hydrogen-bond donors (Lipinski definition) is 0. The van der Waals surface area contributed by atoms with Gasteiger partial charge in [0.05, 0.1) is 17.2 Å². The predicted molar refractivity (Wildman–Crippen MR) is 152 cm³/mol. The fourth-order valence-corrected chi connectivity index (χ4v) is 6.86. The van der Waals surface area contributed by atoms with E-state index in [0.717, 1.165) is 5.56 Å². The van der Waals surface area contributed by atoms with Gasteiger partial charge in [-0.2, -0.15) is 5.10 Å². The second-order valence-electron chi connectivity index (χ2n) is 10.4. The minimum absolute atomic E-state index is 0.144. The van der Waals surface area contributed by atoms with Crippen LogP contribution >= 0.6 is 11.6 Å². The molecule has 200 valence electrons. The molecule has 4 aromatic carbocycles. The lowest BCUT2D eigenvalue weighted by Gasteiger charge is -2.36. The van der Waals surface area contributed by atoms with Gasteiger partial charge in [0.1, 0.15) is 11.5 Å². The highest BCUT2D eigenvalue weighted by Gasteiger charge is 2.72. The van der Waals surface area contributed by atoms with Gasteiger partial charge in [0.25, 0.3) is 5.69 Å². The summed E-state index contributed by atoms with van der Waals surface area (Å²) in [7, 11) is 0. The number of ketones is 3. The Morgan fingerprint density at radius 2 is 1.46 bits per heavy atom. The Morgan fingerprint density at radius 1 is 0.854 bits per heavy atom. The number of carbonyl (C=O) groups is 3. The summed E-state index contributed by atoms with van der Waals surface area (Å²) in [5.74, 6) is -2.14. The highest BCUT2D eigenvalue weighted by atomic mass is 35.5. The van der Waals surface area contributed by atoms with Gasteiger partial charge >= 0.3 is 0 Å². The summed E-state index contributed by atoms with van der Waals surface area (Å²) in [5, 5.41) is 18.2. The minimum atomic E-state index is -1.75. The van der Waals surface area contributed by atoms with E-state index in [9.17, 15) is 24.5 Å². The van der Waals surface area contributed by atoms with E-state index in [4.69, 9.17) is 16.7 Å². The van der Waals surface area contributed by atoms with Crippen molar-refractivity contribution in [3.63, 3.8) is 0 Å². The summed E-state index contributed by atoms with van der Waals surface area (Å²) in [4.78, 5) is 54.7. The Kier molecular flexibility index (Phi) is 5.52. The van der Waals surface area contributed by atoms with Gasteiger partial charge in [-0.05, 0) is 41.0 Å². The molecule has 1 saturated heterocycles. The number of halogens is 1. The average Bonchev–Trinajstić information content (AvgIpc) is 3.43. The molecule has 2 aliphatic heterocycles. The van der Waals surface area contributed by atoms with Crippen LogP contribution in [0.25, 0.3) is 0 Å². The summed E-state index contributed by atoms with van der Waals surface area (Å²) in [6.07, 6.45) is 1.64. The van der Waals surface area contributed by atoms with Crippen LogP contribution < -0.4 is 0 Å². The van der Waals surface area contributed by atoms with Crippen LogP contribution in [-0.2, 0) is 0 Å². The average molecular weight is 562 g/mol. The van der Waals surface area contributed by atoms with E-state index in [1.54, 1.807) is 59.8 Å². The largest absolute Gasteiger partial charge is 0.293 e. The summed E-state index contributed by atoms with van der Waals surface area (Å²) in [6.45, 7) is 0. The van der Waals surface area contributed by atoms with Crippen molar-refractivity contribution in [3.05, 3.63) is 146 Å². The first-order valence-electron chi connectivity index (χ1n) is 13.0. The van der Waals surface area contributed by atoms with E-state index in [-0.39, 0.29) is 22.6 Å². The summed E-state index contributed by atoms with van der Waals surface area (Å²) in [6, 6.07) is 24.2. The molecule has 1 spiro atoms. The van der Waals surface area contributed by atoms with Crippen LogP contribution in [0.4, 0.5) is 5.69 Å². The Labute approximate surface area is 239 Å². The molecule has 3 aliphatic rings. The summed E-state index contributed by atoms with van der Waals surface area (Å²) >= 11 is 6.11. The maximum atomic E-state index is 14.7. The van der Waals surface area contributed by atoms with E-state index in [2.05, 4.69) is 0 Å². The molecule has 0 amide bonds. The van der Waals surface area contributed by atoms with Crippen molar-refractivity contribution < 1.29 is 19.3 Å². The van der Waals surface area contributed by atoms with Gasteiger partial charge < -0.3 is 0 Å². The van der Waals surface area contributed by atoms with Crippen molar-refractivity contribution in [2.24, 2.45) is 10.5 Å². The minimum Gasteiger partial charge on any atom is -0.293 e.